The molecule has 5 N–H and O–H groups in total. The van der Waals surface area contributed by atoms with Crippen molar-refractivity contribution in [1.29, 1.82) is 0 Å². The number of halogens is 2. The summed E-state index contributed by atoms with van der Waals surface area (Å²) in [7, 11) is -9.50. The Morgan fingerprint density at radius 2 is 1.50 bits per heavy atom. The van der Waals surface area contributed by atoms with Gasteiger partial charge in [0.25, 0.3) is 31.7 Å². The normalized spacial score (nSPS) is 12.1. The molecule has 5 rings (SSSR count). The van der Waals surface area contributed by atoms with E-state index in [1.54, 1.807) is 0 Å². The Morgan fingerprint density at radius 3 is 2.11 bits per heavy atom. The van der Waals surface area contributed by atoms with Crippen molar-refractivity contribution in [3.05, 3.63) is 92.6 Å². The first-order valence-electron chi connectivity index (χ1n) is 12.2. The number of aromatic carboxylic acids is 1. The lowest BCUT2D eigenvalue weighted by atomic mass is 10.1. The molecular weight excluding hydrogens is 693 g/mol. The van der Waals surface area contributed by atoms with Gasteiger partial charge in [-0.05, 0) is 60.7 Å². The Labute approximate surface area is 266 Å². The zero-order chi connectivity index (χ0) is 33.6. The average Bonchev–Trinajstić information content (AvgIpc) is 3.31. The summed E-state index contributed by atoms with van der Waals surface area (Å²) < 4.78 is 66.2. The summed E-state index contributed by atoms with van der Waals surface area (Å²) in [6.07, 6.45) is 0. The summed E-state index contributed by atoms with van der Waals surface area (Å²) in [5, 5.41) is 21.6. The molecule has 17 nitrogen and oxygen atoms in total. The lowest BCUT2D eigenvalue weighted by Gasteiger charge is -2.09. The van der Waals surface area contributed by atoms with E-state index < -0.39 is 64.5 Å². The van der Waals surface area contributed by atoms with Gasteiger partial charge >= 0.3 is 5.97 Å². The molecule has 0 aliphatic heterocycles. The number of hydrogen-bond donors (Lipinski definition) is 5. The van der Waals surface area contributed by atoms with Crippen LogP contribution in [0.2, 0.25) is 10.3 Å². The second-order valence-electron chi connectivity index (χ2n) is 9.07. The number of anilines is 1. The van der Waals surface area contributed by atoms with Gasteiger partial charge < -0.3 is 10.4 Å². The summed E-state index contributed by atoms with van der Waals surface area (Å²) in [5.41, 5.74) is -2.70. The third-order valence-electron chi connectivity index (χ3n) is 6.07. The van der Waals surface area contributed by atoms with Crippen LogP contribution in [-0.4, -0.2) is 62.7 Å². The van der Waals surface area contributed by atoms with E-state index in [-0.39, 0.29) is 32.8 Å². The SMILES string of the molecule is O=C(Nc1ccc(S(=O)(=O)O)c(N=Nc2c(C(=O)O)[nH]n(-c3ccc(S(=O)(=O)O)cc3)c2=O)c1)c1ccc2nc(Cl)c(Cl)nc2c1. The maximum atomic E-state index is 13.1. The van der Waals surface area contributed by atoms with Crippen LogP contribution in [0.15, 0.2) is 85.5 Å². The molecule has 0 bridgehead atoms. The Kier molecular flexibility index (Phi) is 8.47. The number of hydrogen-bond acceptors (Lipinski definition) is 11. The monoisotopic (exact) mass is 707 g/mol. The summed E-state index contributed by atoms with van der Waals surface area (Å²) in [6.45, 7) is 0. The lowest BCUT2D eigenvalue weighted by molar-refractivity contribution is 0.0690. The number of H-pyrrole nitrogens is 1. The van der Waals surface area contributed by atoms with Crippen LogP contribution in [0.3, 0.4) is 0 Å². The highest BCUT2D eigenvalue weighted by Gasteiger charge is 2.23. The standard InChI is InChI=1S/C25H15Cl2N7O10S2/c26-21-22(27)30-16-9-11(1-7-15(16)29-21)23(35)28-12-2-8-18(46(42,43)44)17(10-12)31-32-19-20(25(37)38)33-34(24(19)36)13-3-5-14(6-4-13)45(39,40)41/h1-10,33H,(H,28,35)(H,37,38)(H,39,40,41)(H,42,43,44). The molecule has 21 heteroatoms. The fraction of sp³-hybridized carbons (Fsp3) is 0. The van der Waals surface area contributed by atoms with Gasteiger partial charge in [0, 0.05) is 11.3 Å². The lowest BCUT2D eigenvalue weighted by Crippen LogP contribution is -2.14. The predicted octanol–water partition coefficient (Wildman–Crippen LogP) is 4.27. The molecule has 0 atom stereocenters. The number of aromatic nitrogens is 4. The number of nitrogens with zero attached hydrogens (tertiary/aromatic N) is 5. The first-order chi connectivity index (χ1) is 21.5. The van der Waals surface area contributed by atoms with Crippen LogP contribution in [0.5, 0.6) is 0 Å². The highest BCUT2D eigenvalue weighted by atomic mass is 35.5. The van der Waals surface area contributed by atoms with Gasteiger partial charge in [-0.2, -0.15) is 16.8 Å². The maximum Gasteiger partial charge on any atom is 0.356 e. The Balaban J connectivity index is 1.51. The van der Waals surface area contributed by atoms with E-state index in [9.17, 15) is 40.9 Å². The predicted molar refractivity (Wildman–Crippen MR) is 161 cm³/mol. The van der Waals surface area contributed by atoms with E-state index >= 15 is 0 Å². The molecular formula is C25H15Cl2N7O10S2. The summed E-state index contributed by atoms with van der Waals surface area (Å²) in [5.74, 6) is -2.36. The smallest absolute Gasteiger partial charge is 0.356 e. The van der Waals surface area contributed by atoms with Gasteiger partial charge in [0.1, 0.15) is 10.6 Å². The Bertz CT molecular complexity index is 2390. The molecule has 46 heavy (non-hydrogen) atoms. The largest absolute Gasteiger partial charge is 0.476 e. The Morgan fingerprint density at radius 1 is 0.848 bits per heavy atom. The summed E-state index contributed by atoms with van der Waals surface area (Å²) in [6, 6.07) is 11.3. The van der Waals surface area contributed by atoms with Gasteiger partial charge in [-0.1, -0.05) is 23.2 Å². The van der Waals surface area contributed by atoms with Crippen LogP contribution in [0.1, 0.15) is 20.8 Å². The number of benzene rings is 3. The summed E-state index contributed by atoms with van der Waals surface area (Å²) >= 11 is 11.8. The third kappa shape index (κ3) is 6.63. The van der Waals surface area contributed by atoms with Crippen LogP contribution in [-0.2, 0) is 20.2 Å². The number of azo groups is 1. The van der Waals surface area contributed by atoms with Crippen LogP contribution in [0.4, 0.5) is 17.1 Å². The van der Waals surface area contributed by atoms with Crippen molar-refractivity contribution in [1.82, 2.24) is 19.7 Å². The molecule has 0 unspecified atom stereocenters. The zero-order valence-corrected chi connectivity index (χ0v) is 25.4. The highest BCUT2D eigenvalue weighted by Crippen LogP contribution is 2.30. The van der Waals surface area contributed by atoms with Gasteiger partial charge in [-0.15, -0.1) is 10.2 Å². The van der Waals surface area contributed by atoms with E-state index in [2.05, 4.69) is 30.6 Å². The molecule has 3 aromatic carbocycles. The minimum absolute atomic E-state index is 0.0321. The zero-order valence-electron chi connectivity index (χ0n) is 22.3. The van der Waals surface area contributed by atoms with Crippen LogP contribution in [0, 0.1) is 0 Å². The number of carboxylic acid groups (broad SMARTS) is 1. The number of fused-ring (bicyclic) bond motifs is 1. The molecule has 0 aliphatic rings. The first kappa shape index (κ1) is 32.3. The van der Waals surface area contributed by atoms with Crippen molar-refractivity contribution in [3.63, 3.8) is 0 Å². The molecule has 0 saturated heterocycles. The van der Waals surface area contributed by atoms with Crippen molar-refractivity contribution in [2.45, 2.75) is 9.79 Å². The average molecular weight is 708 g/mol. The highest BCUT2D eigenvalue weighted by molar-refractivity contribution is 7.86. The first-order valence-corrected chi connectivity index (χ1v) is 15.8. The number of rotatable bonds is 8. The van der Waals surface area contributed by atoms with E-state index in [1.807, 2.05) is 0 Å². The van der Waals surface area contributed by atoms with E-state index in [0.717, 1.165) is 42.5 Å². The van der Waals surface area contributed by atoms with Crippen molar-refractivity contribution >= 4 is 83.4 Å². The molecule has 0 fully saturated rings. The van der Waals surface area contributed by atoms with Crippen LogP contribution >= 0.6 is 23.2 Å². The maximum absolute atomic E-state index is 13.1. The molecule has 2 aromatic heterocycles. The van der Waals surface area contributed by atoms with Gasteiger partial charge in [0.15, 0.2) is 21.7 Å². The quantitative estimate of drug-likeness (QED) is 0.112. The molecule has 5 aromatic rings. The van der Waals surface area contributed by atoms with Gasteiger partial charge in [0.2, 0.25) is 0 Å². The van der Waals surface area contributed by atoms with Crippen molar-refractivity contribution < 1.29 is 40.6 Å². The molecule has 236 valence electrons. The molecule has 1 amide bonds. The minimum atomic E-state index is -4.94. The van der Waals surface area contributed by atoms with Crippen LogP contribution < -0.4 is 10.9 Å². The molecule has 2 heterocycles. The number of carbonyl (C=O) groups excluding carboxylic acids is 1. The van der Waals surface area contributed by atoms with E-state index in [4.69, 9.17) is 27.8 Å². The molecule has 0 radical (unpaired) electrons. The van der Waals surface area contributed by atoms with Gasteiger partial charge in [0.05, 0.1) is 21.6 Å². The Hall–Kier alpha value is -5.05. The number of carboxylic acids is 1. The fourth-order valence-corrected chi connectivity index (χ4v) is 5.32. The second-order valence-corrected chi connectivity index (χ2v) is 12.6. The van der Waals surface area contributed by atoms with E-state index in [1.165, 1.54) is 18.2 Å². The van der Waals surface area contributed by atoms with Crippen molar-refractivity contribution in [3.8, 4) is 5.69 Å². The number of amides is 1. The molecule has 0 aliphatic carbocycles. The fourth-order valence-electron chi connectivity index (χ4n) is 3.97. The van der Waals surface area contributed by atoms with Crippen LogP contribution in [0.25, 0.3) is 16.7 Å². The number of carbonyl (C=O) groups is 2. The molecule has 0 spiro atoms. The molecule has 0 saturated carbocycles. The topological polar surface area (TPSA) is 263 Å². The third-order valence-corrected chi connectivity index (χ3v) is 8.46. The van der Waals surface area contributed by atoms with Gasteiger partial charge in [-0.3, -0.25) is 23.8 Å². The van der Waals surface area contributed by atoms with E-state index in [0.29, 0.717) is 10.2 Å². The summed E-state index contributed by atoms with van der Waals surface area (Å²) in [4.78, 5) is 44.7. The second kappa shape index (κ2) is 12.0. The number of aromatic amines is 1. The van der Waals surface area contributed by atoms with Crippen molar-refractivity contribution in [2.24, 2.45) is 10.2 Å². The minimum Gasteiger partial charge on any atom is -0.476 e. The van der Waals surface area contributed by atoms with Crippen molar-refractivity contribution in [2.75, 3.05) is 5.32 Å². The van der Waals surface area contributed by atoms with Gasteiger partial charge in [-0.25, -0.2) is 19.4 Å². The number of nitrogens with one attached hydrogen (secondary N) is 2.